The molecule has 1 heterocycles. The Morgan fingerprint density at radius 2 is 2.20 bits per heavy atom. The van der Waals surface area contributed by atoms with Crippen molar-refractivity contribution in [3.8, 4) is 0 Å². The van der Waals surface area contributed by atoms with Crippen molar-refractivity contribution in [1.82, 2.24) is 9.78 Å². The number of likely N-dealkylation sites (N-methyl/N-ethyl adjacent to an activating group) is 1. The number of nitrogens with two attached hydrogens (primary N) is 1. The van der Waals surface area contributed by atoms with Gasteiger partial charge >= 0.3 is 0 Å². The zero-order chi connectivity index (χ0) is 14.9. The van der Waals surface area contributed by atoms with Gasteiger partial charge in [-0.1, -0.05) is 25.4 Å². The molecule has 0 saturated heterocycles. The second-order valence-corrected chi connectivity index (χ2v) is 6.35. The van der Waals surface area contributed by atoms with E-state index in [0.717, 1.165) is 0 Å². The number of rotatable bonds is 6. The Balaban J connectivity index is 2.28. The Labute approximate surface area is 124 Å². The lowest BCUT2D eigenvalue weighted by molar-refractivity contribution is 0.462. The summed E-state index contributed by atoms with van der Waals surface area (Å²) in [5.41, 5.74) is 6.30. The molecule has 1 saturated carbocycles. The van der Waals surface area contributed by atoms with Crippen molar-refractivity contribution < 1.29 is 0 Å². The van der Waals surface area contributed by atoms with Crippen LogP contribution in [0.25, 0.3) is 0 Å². The standard InChI is InChI=1S/C14H23ClN4O/c1-9(2)8-19-14(20)13(15)12(7-17-19)18(3)11(6-16)10-4-5-10/h7,9-11H,4-6,8,16H2,1-3H3. The average molecular weight is 299 g/mol. The molecule has 20 heavy (non-hydrogen) atoms. The average Bonchev–Trinajstić information content (AvgIpc) is 3.20. The van der Waals surface area contributed by atoms with Crippen LogP contribution in [0.5, 0.6) is 0 Å². The third-order valence-corrected chi connectivity index (χ3v) is 4.14. The second-order valence-electron chi connectivity index (χ2n) is 5.98. The summed E-state index contributed by atoms with van der Waals surface area (Å²) in [7, 11) is 1.94. The molecule has 0 aliphatic heterocycles. The Morgan fingerprint density at radius 1 is 1.55 bits per heavy atom. The maximum atomic E-state index is 12.2. The van der Waals surface area contributed by atoms with Crippen molar-refractivity contribution in [2.75, 3.05) is 18.5 Å². The summed E-state index contributed by atoms with van der Waals surface area (Å²) in [6, 6.07) is 0.231. The van der Waals surface area contributed by atoms with Crippen LogP contribution in [0.1, 0.15) is 26.7 Å². The molecule has 0 bridgehead atoms. The highest BCUT2D eigenvalue weighted by atomic mass is 35.5. The summed E-state index contributed by atoms with van der Waals surface area (Å²) in [6.45, 7) is 5.22. The van der Waals surface area contributed by atoms with Gasteiger partial charge in [0.2, 0.25) is 0 Å². The summed E-state index contributed by atoms with van der Waals surface area (Å²) in [5, 5.41) is 4.47. The summed E-state index contributed by atoms with van der Waals surface area (Å²) in [5.74, 6) is 0.960. The Morgan fingerprint density at radius 3 is 2.70 bits per heavy atom. The van der Waals surface area contributed by atoms with E-state index in [-0.39, 0.29) is 16.6 Å². The highest BCUT2D eigenvalue weighted by Crippen LogP contribution is 2.36. The molecule has 1 atom stereocenters. The van der Waals surface area contributed by atoms with Crippen LogP contribution in [0, 0.1) is 11.8 Å². The van der Waals surface area contributed by atoms with Crippen LogP contribution >= 0.6 is 11.6 Å². The van der Waals surface area contributed by atoms with Crippen LogP contribution < -0.4 is 16.2 Å². The molecule has 5 nitrogen and oxygen atoms in total. The number of nitrogens with zero attached hydrogens (tertiary/aromatic N) is 3. The summed E-state index contributed by atoms with van der Waals surface area (Å²) < 4.78 is 1.43. The fourth-order valence-electron chi connectivity index (χ4n) is 2.50. The van der Waals surface area contributed by atoms with Gasteiger partial charge in [0.15, 0.2) is 0 Å². The largest absolute Gasteiger partial charge is 0.367 e. The molecule has 112 valence electrons. The smallest absolute Gasteiger partial charge is 0.287 e. The molecule has 1 aliphatic carbocycles. The maximum absolute atomic E-state index is 12.2. The van der Waals surface area contributed by atoms with Crippen LogP contribution in [0.15, 0.2) is 11.0 Å². The van der Waals surface area contributed by atoms with E-state index < -0.39 is 0 Å². The fourth-order valence-corrected chi connectivity index (χ4v) is 2.78. The van der Waals surface area contributed by atoms with Crippen molar-refractivity contribution in [1.29, 1.82) is 0 Å². The summed E-state index contributed by atoms with van der Waals surface area (Å²) >= 11 is 6.25. The molecular formula is C14H23ClN4O. The SMILES string of the molecule is CC(C)Cn1ncc(N(C)C(CN)C2CC2)c(Cl)c1=O. The second kappa shape index (κ2) is 6.14. The van der Waals surface area contributed by atoms with Crippen LogP contribution in [-0.4, -0.2) is 29.4 Å². The van der Waals surface area contributed by atoms with Gasteiger partial charge in [-0.3, -0.25) is 4.79 Å². The van der Waals surface area contributed by atoms with E-state index in [2.05, 4.69) is 5.10 Å². The van der Waals surface area contributed by atoms with Crippen molar-refractivity contribution in [2.45, 2.75) is 39.3 Å². The Bertz CT molecular complexity index is 524. The minimum atomic E-state index is -0.226. The predicted molar refractivity (Wildman–Crippen MR) is 82.3 cm³/mol. The van der Waals surface area contributed by atoms with E-state index in [1.54, 1.807) is 6.20 Å². The van der Waals surface area contributed by atoms with Gasteiger partial charge in [-0.15, -0.1) is 0 Å². The number of aromatic nitrogens is 2. The Hall–Kier alpha value is -1.07. The van der Waals surface area contributed by atoms with Gasteiger partial charge < -0.3 is 10.6 Å². The first-order chi connectivity index (χ1) is 9.45. The van der Waals surface area contributed by atoms with Crippen LogP contribution in [0.2, 0.25) is 5.02 Å². The lowest BCUT2D eigenvalue weighted by atomic mass is 10.1. The first-order valence-corrected chi connectivity index (χ1v) is 7.52. The molecule has 1 aliphatic rings. The van der Waals surface area contributed by atoms with E-state index in [4.69, 9.17) is 17.3 Å². The molecule has 0 aromatic carbocycles. The minimum Gasteiger partial charge on any atom is -0.367 e. The number of hydrogen-bond donors (Lipinski definition) is 1. The van der Waals surface area contributed by atoms with Gasteiger partial charge in [-0.05, 0) is 24.7 Å². The van der Waals surface area contributed by atoms with E-state index >= 15 is 0 Å². The molecule has 0 spiro atoms. The van der Waals surface area contributed by atoms with E-state index in [0.29, 0.717) is 30.6 Å². The fraction of sp³-hybridized carbons (Fsp3) is 0.714. The van der Waals surface area contributed by atoms with Crippen molar-refractivity contribution in [2.24, 2.45) is 17.6 Å². The molecule has 1 unspecified atom stereocenters. The molecule has 6 heteroatoms. The summed E-state index contributed by atoms with van der Waals surface area (Å²) in [6.07, 6.45) is 4.07. The van der Waals surface area contributed by atoms with Crippen molar-refractivity contribution in [3.63, 3.8) is 0 Å². The first kappa shape index (κ1) is 15.3. The monoisotopic (exact) mass is 298 g/mol. The zero-order valence-corrected chi connectivity index (χ0v) is 13.1. The molecular weight excluding hydrogens is 276 g/mol. The number of halogens is 1. The van der Waals surface area contributed by atoms with Crippen LogP contribution in [-0.2, 0) is 6.54 Å². The molecule has 0 amide bonds. The Kier molecular flexibility index (Phi) is 4.70. The zero-order valence-electron chi connectivity index (χ0n) is 12.3. The highest BCUT2D eigenvalue weighted by Gasteiger charge is 2.34. The van der Waals surface area contributed by atoms with Gasteiger partial charge in [-0.25, -0.2) is 4.68 Å². The molecule has 2 N–H and O–H groups in total. The minimum absolute atomic E-state index is 0.226. The molecule has 0 radical (unpaired) electrons. The van der Waals surface area contributed by atoms with Gasteiger partial charge in [0.1, 0.15) is 5.02 Å². The highest BCUT2D eigenvalue weighted by molar-refractivity contribution is 6.33. The van der Waals surface area contributed by atoms with E-state index in [1.165, 1.54) is 17.5 Å². The van der Waals surface area contributed by atoms with Crippen LogP contribution in [0.4, 0.5) is 5.69 Å². The molecule has 1 aromatic rings. The maximum Gasteiger partial charge on any atom is 0.287 e. The predicted octanol–water partition coefficient (Wildman–Crippen LogP) is 1.73. The summed E-state index contributed by atoms with van der Waals surface area (Å²) in [4.78, 5) is 14.2. The molecule has 1 fully saturated rings. The van der Waals surface area contributed by atoms with E-state index in [1.807, 2.05) is 25.8 Å². The third kappa shape index (κ3) is 3.15. The van der Waals surface area contributed by atoms with Crippen LogP contribution in [0.3, 0.4) is 0 Å². The first-order valence-electron chi connectivity index (χ1n) is 7.14. The molecule has 2 rings (SSSR count). The normalized spacial score (nSPS) is 16.5. The number of hydrogen-bond acceptors (Lipinski definition) is 4. The lowest BCUT2D eigenvalue weighted by Gasteiger charge is -2.29. The third-order valence-electron chi connectivity index (χ3n) is 3.79. The van der Waals surface area contributed by atoms with Crippen molar-refractivity contribution >= 4 is 17.3 Å². The number of anilines is 1. The van der Waals surface area contributed by atoms with Crippen molar-refractivity contribution in [3.05, 3.63) is 21.6 Å². The topological polar surface area (TPSA) is 64.2 Å². The van der Waals surface area contributed by atoms with Gasteiger partial charge in [0.05, 0.1) is 11.9 Å². The van der Waals surface area contributed by atoms with Gasteiger partial charge in [0, 0.05) is 26.2 Å². The molecule has 1 aromatic heterocycles. The quantitative estimate of drug-likeness (QED) is 0.868. The lowest BCUT2D eigenvalue weighted by Crippen LogP contribution is -2.41. The van der Waals surface area contributed by atoms with Gasteiger partial charge in [0.25, 0.3) is 5.56 Å². The van der Waals surface area contributed by atoms with E-state index in [9.17, 15) is 4.79 Å². The van der Waals surface area contributed by atoms with Gasteiger partial charge in [-0.2, -0.15) is 5.10 Å².